The molecule has 6 nitrogen and oxygen atoms in total. The molecule has 3 N–H and O–H groups in total. The third-order valence-corrected chi connectivity index (χ3v) is 5.50. The number of carbonyl (C=O) groups excluding carboxylic acids is 1. The summed E-state index contributed by atoms with van der Waals surface area (Å²) in [6.07, 6.45) is 0. The largest absolute Gasteiger partial charge is 0.478 e. The van der Waals surface area contributed by atoms with E-state index >= 15 is 0 Å². The number of carboxylic acids is 1. The Bertz CT molecular complexity index is 1170. The number of halogens is 1. The van der Waals surface area contributed by atoms with E-state index in [9.17, 15) is 18.0 Å². The van der Waals surface area contributed by atoms with Gasteiger partial charge >= 0.3 is 5.97 Å². The van der Waals surface area contributed by atoms with E-state index in [1.54, 1.807) is 36.4 Å². The first-order chi connectivity index (χ1) is 13.2. The van der Waals surface area contributed by atoms with Gasteiger partial charge in [-0.1, -0.05) is 48.0 Å². The molecule has 0 atom stereocenters. The molecular formula is C20H14ClNO5S. The van der Waals surface area contributed by atoms with Crippen molar-refractivity contribution in [2.24, 2.45) is 5.14 Å². The molecule has 3 rings (SSSR count). The van der Waals surface area contributed by atoms with Crippen LogP contribution in [0.15, 0.2) is 71.6 Å². The molecule has 0 heterocycles. The zero-order chi connectivity index (χ0) is 20.5. The number of carboxylic acid groups (broad SMARTS) is 1. The molecule has 8 heteroatoms. The van der Waals surface area contributed by atoms with E-state index < -0.39 is 16.0 Å². The number of hydrogen-bond donors (Lipinski definition) is 2. The lowest BCUT2D eigenvalue weighted by molar-refractivity contribution is 0.0696. The van der Waals surface area contributed by atoms with Gasteiger partial charge in [-0.15, -0.1) is 0 Å². The zero-order valence-corrected chi connectivity index (χ0v) is 15.9. The van der Waals surface area contributed by atoms with Gasteiger partial charge in [0.25, 0.3) is 0 Å². The SMILES string of the molecule is NS(=O)(=O)c1cc(C(=O)c2ccc(-c3ccc(C(=O)O)cc3)cc2)ccc1Cl. The lowest BCUT2D eigenvalue weighted by Gasteiger charge is -2.07. The number of ketones is 1. The molecule has 0 saturated carbocycles. The summed E-state index contributed by atoms with van der Waals surface area (Å²) in [4.78, 5) is 23.3. The van der Waals surface area contributed by atoms with Crippen LogP contribution < -0.4 is 5.14 Å². The highest BCUT2D eigenvalue weighted by atomic mass is 35.5. The molecule has 0 unspecified atom stereocenters. The summed E-state index contributed by atoms with van der Waals surface area (Å²) in [5.41, 5.74) is 2.28. The second kappa shape index (κ2) is 7.55. The van der Waals surface area contributed by atoms with Gasteiger partial charge in [0.1, 0.15) is 4.90 Å². The van der Waals surface area contributed by atoms with Crippen molar-refractivity contribution in [2.45, 2.75) is 4.90 Å². The molecule has 0 radical (unpaired) electrons. The maximum atomic E-state index is 12.7. The number of rotatable bonds is 5. The molecule has 0 amide bonds. The predicted molar refractivity (Wildman–Crippen MR) is 105 cm³/mol. The molecular weight excluding hydrogens is 402 g/mol. The fourth-order valence-electron chi connectivity index (χ4n) is 2.65. The molecule has 142 valence electrons. The van der Waals surface area contributed by atoms with Crippen molar-refractivity contribution < 1.29 is 23.1 Å². The van der Waals surface area contributed by atoms with Gasteiger partial charge in [-0.25, -0.2) is 18.4 Å². The van der Waals surface area contributed by atoms with Crippen LogP contribution in [0.2, 0.25) is 5.02 Å². The van der Waals surface area contributed by atoms with Gasteiger partial charge in [0.05, 0.1) is 10.6 Å². The third-order valence-electron chi connectivity index (χ3n) is 4.11. The number of sulfonamides is 1. The number of aromatic carboxylic acids is 1. The Morgan fingerprint density at radius 3 is 1.71 bits per heavy atom. The van der Waals surface area contributed by atoms with E-state index in [0.717, 1.165) is 17.2 Å². The molecule has 0 aliphatic carbocycles. The Balaban J connectivity index is 1.89. The molecule has 0 aliphatic rings. The van der Waals surface area contributed by atoms with E-state index in [2.05, 4.69) is 0 Å². The number of nitrogens with two attached hydrogens (primary N) is 1. The van der Waals surface area contributed by atoms with Crippen LogP contribution in [0.5, 0.6) is 0 Å². The number of primary sulfonamides is 1. The molecule has 28 heavy (non-hydrogen) atoms. The van der Waals surface area contributed by atoms with Crippen LogP contribution in [0.4, 0.5) is 0 Å². The van der Waals surface area contributed by atoms with E-state index in [1.165, 1.54) is 24.3 Å². The standard InChI is InChI=1S/C20H14ClNO5S/c21-17-10-9-16(11-18(17)28(22,26)27)19(23)14-5-1-12(2-6-14)13-3-7-15(8-4-13)20(24)25/h1-11H,(H,24,25)(H2,22,26,27). The first kappa shape index (κ1) is 19.8. The Labute approximate surface area is 166 Å². The summed E-state index contributed by atoms with van der Waals surface area (Å²) in [7, 11) is -4.05. The Morgan fingerprint density at radius 2 is 1.25 bits per heavy atom. The van der Waals surface area contributed by atoms with Crippen molar-refractivity contribution in [1.82, 2.24) is 0 Å². The van der Waals surface area contributed by atoms with Crippen molar-refractivity contribution in [3.63, 3.8) is 0 Å². The Hall–Kier alpha value is -3.00. The quantitative estimate of drug-likeness (QED) is 0.618. The fourth-order valence-corrected chi connectivity index (χ4v) is 3.72. The summed E-state index contributed by atoms with van der Waals surface area (Å²) < 4.78 is 23.2. The average Bonchev–Trinajstić information content (AvgIpc) is 2.67. The first-order valence-corrected chi connectivity index (χ1v) is 9.90. The smallest absolute Gasteiger partial charge is 0.335 e. The van der Waals surface area contributed by atoms with Crippen molar-refractivity contribution in [3.8, 4) is 11.1 Å². The van der Waals surface area contributed by atoms with Crippen molar-refractivity contribution >= 4 is 33.4 Å². The van der Waals surface area contributed by atoms with Gasteiger partial charge in [0.2, 0.25) is 10.0 Å². The Kier molecular flexibility index (Phi) is 5.33. The molecule has 0 bridgehead atoms. The molecule has 0 spiro atoms. The van der Waals surface area contributed by atoms with Gasteiger partial charge in [0, 0.05) is 11.1 Å². The van der Waals surface area contributed by atoms with Crippen LogP contribution in [-0.2, 0) is 10.0 Å². The number of carbonyl (C=O) groups is 2. The van der Waals surface area contributed by atoms with Gasteiger partial charge in [0.15, 0.2) is 5.78 Å². The summed E-state index contributed by atoms with van der Waals surface area (Å²) >= 11 is 5.84. The summed E-state index contributed by atoms with van der Waals surface area (Å²) in [5.74, 6) is -1.39. The van der Waals surface area contributed by atoms with Crippen LogP contribution in [-0.4, -0.2) is 25.3 Å². The van der Waals surface area contributed by atoms with Crippen LogP contribution in [0.25, 0.3) is 11.1 Å². The van der Waals surface area contributed by atoms with Crippen molar-refractivity contribution in [3.05, 3.63) is 88.4 Å². The van der Waals surface area contributed by atoms with Gasteiger partial charge in [-0.3, -0.25) is 4.79 Å². The van der Waals surface area contributed by atoms with Crippen molar-refractivity contribution in [1.29, 1.82) is 0 Å². The summed E-state index contributed by atoms with van der Waals surface area (Å²) in [5, 5.41) is 14.0. The minimum atomic E-state index is -4.05. The van der Waals surface area contributed by atoms with Crippen LogP contribution in [0.3, 0.4) is 0 Å². The van der Waals surface area contributed by atoms with Gasteiger partial charge in [-0.2, -0.15) is 0 Å². The molecule has 0 aliphatic heterocycles. The van der Waals surface area contributed by atoms with Crippen LogP contribution in [0.1, 0.15) is 26.3 Å². The normalized spacial score (nSPS) is 11.2. The van der Waals surface area contributed by atoms with Crippen LogP contribution in [0, 0.1) is 0 Å². The predicted octanol–water partition coefficient (Wildman–Crippen LogP) is 3.58. The van der Waals surface area contributed by atoms with E-state index in [4.69, 9.17) is 21.8 Å². The van der Waals surface area contributed by atoms with Gasteiger partial charge < -0.3 is 5.11 Å². The maximum absolute atomic E-state index is 12.7. The van der Waals surface area contributed by atoms with E-state index in [0.29, 0.717) is 5.56 Å². The monoisotopic (exact) mass is 415 g/mol. The molecule has 0 saturated heterocycles. The van der Waals surface area contributed by atoms with E-state index in [-0.39, 0.29) is 26.8 Å². The summed E-state index contributed by atoms with van der Waals surface area (Å²) in [6.45, 7) is 0. The first-order valence-electron chi connectivity index (χ1n) is 7.97. The Morgan fingerprint density at radius 1 is 0.786 bits per heavy atom. The molecule has 0 fully saturated rings. The topological polar surface area (TPSA) is 115 Å². The van der Waals surface area contributed by atoms with Crippen LogP contribution >= 0.6 is 11.6 Å². The highest BCUT2D eigenvalue weighted by molar-refractivity contribution is 7.89. The second-order valence-corrected chi connectivity index (χ2v) is 7.92. The van der Waals surface area contributed by atoms with Crippen molar-refractivity contribution in [2.75, 3.05) is 0 Å². The minimum Gasteiger partial charge on any atom is -0.478 e. The third kappa shape index (κ3) is 4.12. The molecule has 0 aromatic heterocycles. The fraction of sp³-hybridized carbons (Fsp3) is 0. The molecule has 3 aromatic carbocycles. The van der Waals surface area contributed by atoms with E-state index in [1.807, 2.05) is 0 Å². The number of hydrogen-bond acceptors (Lipinski definition) is 4. The second-order valence-electron chi connectivity index (χ2n) is 5.98. The average molecular weight is 416 g/mol. The zero-order valence-electron chi connectivity index (χ0n) is 14.3. The minimum absolute atomic E-state index is 0.0563. The maximum Gasteiger partial charge on any atom is 0.335 e. The lowest BCUT2D eigenvalue weighted by Crippen LogP contribution is -2.14. The molecule has 3 aromatic rings. The highest BCUT2D eigenvalue weighted by Crippen LogP contribution is 2.25. The highest BCUT2D eigenvalue weighted by Gasteiger charge is 2.17. The lowest BCUT2D eigenvalue weighted by atomic mass is 9.99. The van der Waals surface area contributed by atoms with Gasteiger partial charge in [-0.05, 0) is 41.5 Å². The number of benzene rings is 3. The summed E-state index contributed by atoms with van der Waals surface area (Å²) in [6, 6.07) is 16.9.